The minimum atomic E-state index is -0.189. The zero-order valence-electron chi connectivity index (χ0n) is 15.6. The molecule has 1 aromatic heterocycles. The summed E-state index contributed by atoms with van der Waals surface area (Å²) in [4.78, 5) is 29.3. The van der Waals surface area contributed by atoms with E-state index in [0.29, 0.717) is 41.3 Å². The summed E-state index contributed by atoms with van der Waals surface area (Å²) in [6.07, 6.45) is 2.48. The van der Waals surface area contributed by atoms with E-state index in [4.69, 9.17) is 9.47 Å². The fourth-order valence-corrected chi connectivity index (χ4v) is 3.18. The Morgan fingerprint density at radius 3 is 2.86 bits per heavy atom. The molecule has 7 heteroatoms. The molecule has 0 saturated carbocycles. The number of hydrogen-bond acceptors (Lipinski definition) is 5. The van der Waals surface area contributed by atoms with Gasteiger partial charge in [0.25, 0.3) is 5.56 Å². The van der Waals surface area contributed by atoms with Gasteiger partial charge in [0.2, 0.25) is 5.91 Å². The Morgan fingerprint density at radius 1 is 1.18 bits per heavy atom. The maximum absolute atomic E-state index is 12.6. The number of ether oxygens (including phenoxy) is 2. The van der Waals surface area contributed by atoms with Gasteiger partial charge in [-0.25, -0.2) is 4.98 Å². The van der Waals surface area contributed by atoms with Crippen LogP contribution >= 0.6 is 0 Å². The van der Waals surface area contributed by atoms with Crippen molar-refractivity contribution in [3.05, 3.63) is 58.6 Å². The van der Waals surface area contributed by atoms with Crippen LogP contribution in [0.4, 0.5) is 5.69 Å². The number of hydrogen-bond donors (Lipinski definition) is 1. The van der Waals surface area contributed by atoms with Crippen LogP contribution in [0.2, 0.25) is 0 Å². The van der Waals surface area contributed by atoms with Crippen LogP contribution in [0, 0.1) is 6.92 Å². The number of benzene rings is 2. The van der Waals surface area contributed by atoms with Gasteiger partial charge in [0.1, 0.15) is 0 Å². The van der Waals surface area contributed by atoms with E-state index in [2.05, 4.69) is 10.3 Å². The number of carbonyl (C=O) groups excluding carboxylic acids is 1. The second-order valence-electron chi connectivity index (χ2n) is 6.72. The van der Waals surface area contributed by atoms with Gasteiger partial charge in [-0.05, 0) is 30.7 Å². The van der Waals surface area contributed by atoms with Crippen LogP contribution in [0.3, 0.4) is 0 Å². The average Bonchev–Trinajstić information content (AvgIpc) is 2.93. The highest BCUT2D eigenvalue weighted by molar-refractivity contribution is 5.91. The van der Waals surface area contributed by atoms with E-state index in [1.807, 2.05) is 19.1 Å². The molecule has 0 saturated heterocycles. The van der Waals surface area contributed by atoms with Crippen molar-refractivity contribution < 1.29 is 14.3 Å². The van der Waals surface area contributed by atoms with Crippen molar-refractivity contribution in [2.24, 2.45) is 0 Å². The summed E-state index contributed by atoms with van der Waals surface area (Å²) in [5.41, 5.74) is 2.14. The normalized spacial score (nSPS) is 13.2. The standard InChI is InChI=1S/C21H21N3O4/c1-14-4-2-5-16-20(14)22-13-24(21(16)26)9-8-19(25)23-15-6-7-17-18(12-15)28-11-3-10-27-17/h2,4-7,12-13H,3,8-11H2,1H3,(H,23,25). The lowest BCUT2D eigenvalue weighted by atomic mass is 10.1. The lowest BCUT2D eigenvalue weighted by Crippen LogP contribution is -2.23. The quantitative estimate of drug-likeness (QED) is 0.754. The molecule has 0 fully saturated rings. The number of amides is 1. The highest BCUT2D eigenvalue weighted by atomic mass is 16.5. The zero-order valence-corrected chi connectivity index (χ0v) is 15.6. The number of nitrogens with one attached hydrogen (secondary N) is 1. The molecule has 1 aliphatic heterocycles. The third kappa shape index (κ3) is 3.69. The van der Waals surface area contributed by atoms with Gasteiger partial charge < -0.3 is 14.8 Å². The van der Waals surface area contributed by atoms with Crippen molar-refractivity contribution in [1.82, 2.24) is 9.55 Å². The monoisotopic (exact) mass is 379 g/mol. The van der Waals surface area contributed by atoms with Crippen LogP contribution in [0.5, 0.6) is 11.5 Å². The molecule has 0 bridgehead atoms. The Bertz CT molecular complexity index is 1090. The number of fused-ring (bicyclic) bond motifs is 2. The van der Waals surface area contributed by atoms with Gasteiger partial charge in [-0.15, -0.1) is 0 Å². The van der Waals surface area contributed by atoms with E-state index >= 15 is 0 Å². The summed E-state index contributed by atoms with van der Waals surface area (Å²) >= 11 is 0. The van der Waals surface area contributed by atoms with Gasteiger partial charge in [0.05, 0.1) is 30.4 Å². The SMILES string of the molecule is Cc1cccc2c(=O)n(CCC(=O)Nc3ccc4c(c3)OCCCO4)cnc12. The van der Waals surface area contributed by atoms with E-state index in [9.17, 15) is 9.59 Å². The summed E-state index contributed by atoms with van der Waals surface area (Å²) in [7, 11) is 0. The van der Waals surface area contributed by atoms with Crippen LogP contribution in [0.15, 0.2) is 47.5 Å². The van der Waals surface area contributed by atoms with Crippen LogP contribution in [0.1, 0.15) is 18.4 Å². The van der Waals surface area contributed by atoms with Crippen molar-refractivity contribution >= 4 is 22.5 Å². The molecule has 7 nitrogen and oxygen atoms in total. The Labute approximate surface area is 161 Å². The molecule has 144 valence electrons. The Kier molecular flexibility index (Phi) is 4.97. The minimum absolute atomic E-state index is 0.142. The second kappa shape index (κ2) is 7.72. The van der Waals surface area contributed by atoms with E-state index in [-0.39, 0.29) is 24.4 Å². The van der Waals surface area contributed by atoms with Crippen molar-refractivity contribution in [2.45, 2.75) is 26.3 Å². The number of anilines is 1. The number of para-hydroxylation sites is 1. The summed E-state index contributed by atoms with van der Waals surface area (Å²) < 4.78 is 12.7. The fraction of sp³-hybridized carbons (Fsp3) is 0.286. The molecule has 1 amide bonds. The van der Waals surface area contributed by atoms with Crippen molar-refractivity contribution in [1.29, 1.82) is 0 Å². The van der Waals surface area contributed by atoms with Gasteiger partial charge in [0, 0.05) is 31.1 Å². The zero-order chi connectivity index (χ0) is 19.5. The van der Waals surface area contributed by atoms with E-state index in [1.54, 1.807) is 24.3 Å². The molecule has 2 aromatic carbocycles. The molecule has 0 aliphatic carbocycles. The van der Waals surface area contributed by atoms with E-state index < -0.39 is 0 Å². The minimum Gasteiger partial charge on any atom is -0.490 e. The molecular weight excluding hydrogens is 358 g/mol. The highest BCUT2D eigenvalue weighted by Gasteiger charge is 2.12. The highest BCUT2D eigenvalue weighted by Crippen LogP contribution is 2.32. The number of aromatic nitrogens is 2. The second-order valence-corrected chi connectivity index (χ2v) is 6.72. The van der Waals surface area contributed by atoms with Crippen molar-refractivity contribution in [2.75, 3.05) is 18.5 Å². The summed E-state index contributed by atoms with van der Waals surface area (Å²) in [5, 5.41) is 3.40. The van der Waals surface area contributed by atoms with Crippen molar-refractivity contribution in [3.63, 3.8) is 0 Å². The first-order valence-electron chi connectivity index (χ1n) is 9.26. The summed E-state index contributed by atoms with van der Waals surface area (Å²) in [6, 6.07) is 10.8. The van der Waals surface area contributed by atoms with E-state index in [1.165, 1.54) is 10.9 Å². The third-order valence-electron chi connectivity index (χ3n) is 4.67. The Balaban J connectivity index is 1.44. The molecular formula is C21H21N3O4. The lowest BCUT2D eigenvalue weighted by Gasteiger charge is -2.11. The lowest BCUT2D eigenvalue weighted by molar-refractivity contribution is -0.116. The molecule has 1 N–H and O–H groups in total. The molecule has 4 rings (SSSR count). The van der Waals surface area contributed by atoms with Crippen LogP contribution < -0.4 is 20.3 Å². The van der Waals surface area contributed by atoms with E-state index in [0.717, 1.165) is 12.0 Å². The Hall–Kier alpha value is -3.35. The molecule has 28 heavy (non-hydrogen) atoms. The summed E-state index contributed by atoms with van der Waals surface area (Å²) in [5.74, 6) is 1.12. The predicted octanol–water partition coefficient (Wildman–Crippen LogP) is 2.90. The molecule has 2 heterocycles. The van der Waals surface area contributed by atoms with Gasteiger partial charge in [-0.3, -0.25) is 14.2 Å². The average molecular weight is 379 g/mol. The molecule has 3 aromatic rings. The fourth-order valence-electron chi connectivity index (χ4n) is 3.18. The Morgan fingerprint density at radius 2 is 2.00 bits per heavy atom. The predicted molar refractivity (Wildman–Crippen MR) is 106 cm³/mol. The van der Waals surface area contributed by atoms with Gasteiger partial charge in [-0.2, -0.15) is 0 Å². The number of nitrogens with zero attached hydrogens (tertiary/aromatic N) is 2. The first-order valence-corrected chi connectivity index (χ1v) is 9.26. The topological polar surface area (TPSA) is 82.5 Å². The summed E-state index contributed by atoms with van der Waals surface area (Å²) in [6.45, 7) is 3.38. The maximum Gasteiger partial charge on any atom is 0.261 e. The van der Waals surface area contributed by atoms with Crippen LogP contribution in [0.25, 0.3) is 10.9 Å². The number of aryl methyl sites for hydroxylation is 2. The van der Waals surface area contributed by atoms with Gasteiger partial charge in [-0.1, -0.05) is 12.1 Å². The number of carbonyl (C=O) groups is 1. The first kappa shape index (κ1) is 18.0. The molecule has 0 unspecified atom stereocenters. The van der Waals surface area contributed by atoms with Gasteiger partial charge in [0.15, 0.2) is 11.5 Å². The number of rotatable bonds is 4. The molecule has 0 spiro atoms. The van der Waals surface area contributed by atoms with Gasteiger partial charge >= 0.3 is 0 Å². The molecule has 0 radical (unpaired) electrons. The molecule has 0 atom stereocenters. The molecule has 1 aliphatic rings. The van der Waals surface area contributed by atoms with Crippen molar-refractivity contribution in [3.8, 4) is 11.5 Å². The first-order chi connectivity index (χ1) is 13.6. The largest absolute Gasteiger partial charge is 0.490 e. The van der Waals surface area contributed by atoms with Crippen LogP contribution in [-0.2, 0) is 11.3 Å². The smallest absolute Gasteiger partial charge is 0.261 e. The van der Waals surface area contributed by atoms with Crippen LogP contribution in [-0.4, -0.2) is 28.7 Å². The maximum atomic E-state index is 12.6. The third-order valence-corrected chi connectivity index (χ3v) is 4.67.